The standard InChI is InChI=1S/C12H19ClN4O2S/c1-16(6-7-17-4-2-3-5-17)20(18,19)10-8-11(13)12(14)15-9-10/h8-9H,2-7H2,1H3,(H2,14,15). The summed E-state index contributed by atoms with van der Waals surface area (Å²) in [4.78, 5) is 6.13. The lowest BCUT2D eigenvalue weighted by atomic mass is 10.4. The van der Waals surface area contributed by atoms with E-state index in [-0.39, 0.29) is 15.7 Å². The van der Waals surface area contributed by atoms with E-state index in [9.17, 15) is 8.42 Å². The Bertz CT molecular complexity index is 573. The number of likely N-dealkylation sites (N-methyl/N-ethyl adjacent to an activating group) is 1. The van der Waals surface area contributed by atoms with E-state index in [2.05, 4.69) is 9.88 Å². The van der Waals surface area contributed by atoms with E-state index >= 15 is 0 Å². The van der Waals surface area contributed by atoms with Crippen molar-refractivity contribution in [1.82, 2.24) is 14.2 Å². The second-order valence-corrected chi connectivity index (χ2v) is 7.37. The summed E-state index contributed by atoms with van der Waals surface area (Å²) in [6, 6.07) is 1.34. The summed E-state index contributed by atoms with van der Waals surface area (Å²) in [7, 11) is -2.00. The van der Waals surface area contributed by atoms with Gasteiger partial charge in [0.1, 0.15) is 10.7 Å². The van der Waals surface area contributed by atoms with Gasteiger partial charge in [0.05, 0.1) is 5.02 Å². The third-order valence-electron chi connectivity index (χ3n) is 3.48. The first-order valence-corrected chi connectivity index (χ1v) is 8.33. The fraction of sp³-hybridized carbons (Fsp3) is 0.583. The lowest BCUT2D eigenvalue weighted by Crippen LogP contribution is -2.35. The van der Waals surface area contributed by atoms with Crippen molar-refractivity contribution in [2.24, 2.45) is 0 Å². The maximum absolute atomic E-state index is 12.4. The van der Waals surface area contributed by atoms with Crippen LogP contribution in [0.4, 0.5) is 5.82 Å². The molecular weight excluding hydrogens is 300 g/mol. The van der Waals surface area contributed by atoms with Crippen LogP contribution in [0, 0.1) is 0 Å². The number of hydrogen-bond acceptors (Lipinski definition) is 5. The molecule has 20 heavy (non-hydrogen) atoms. The van der Waals surface area contributed by atoms with Gasteiger partial charge in [0.2, 0.25) is 10.0 Å². The highest BCUT2D eigenvalue weighted by molar-refractivity contribution is 7.89. The van der Waals surface area contributed by atoms with Gasteiger partial charge in [-0.25, -0.2) is 13.4 Å². The molecule has 0 saturated carbocycles. The Morgan fingerprint density at radius 1 is 1.45 bits per heavy atom. The van der Waals surface area contributed by atoms with E-state index in [4.69, 9.17) is 17.3 Å². The summed E-state index contributed by atoms with van der Waals surface area (Å²) in [5, 5.41) is 0.152. The van der Waals surface area contributed by atoms with Gasteiger partial charge in [-0.3, -0.25) is 0 Å². The zero-order chi connectivity index (χ0) is 14.8. The highest BCUT2D eigenvalue weighted by Gasteiger charge is 2.23. The molecule has 0 spiro atoms. The molecule has 0 radical (unpaired) electrons. The minimum atomic E-state index is -3.57. The quantitative estimate of drug-likeness (QED) is 0.877. The average Bonchev–Trinajstić information content (AvgIpc) is 2.92. The summed E-state index contributed by atoms with van der Waals surface area (Å²) in [6.45, 7) is 3.28. The van der Waals surface area contributed by atoms with Gasteiger partial charge in [-0.1, -0.05) is 11.6 Å². The molecule has 1 saturated heterocycles. The van der Waals surface area contributed by atoms with Crippen molar-refractivity contribution in [1.29, 1.82) is 0 Å². The molecule has 2 N–H and O–H groups in total. The predicted octanol–water partition coefficient (Wildman–Crippen LogP) is 1.03. The van der Waals surface area contributed by atoms with Crippen molar-refractivity contribution >= 4 is 27.4 Å². The summed E-state index contributed by atoms with van der Waals surface area (Å²) in [5.74, 6) is 0.130. The van der Waals surface area contributed by atoms with E-state index in [0.717, 1.165) is 19.6 Å². The number of anilines is 1. The normalized spacial score (nSPS) is 16.9. The van der Waals surface area contributed by atoms with Crippen molar-refractivity contribution in [3.63, 3.8) is 0 Å². The van der Waals surface area contributed by atoms with E-state index < -0.39 is 10.0 Å². The van der Waals surface area contributed by atoms with Gasteiger partial charge < -0.3 is 10.6 Å². The first-order chi connectivity index (χ1) is 9.41. The van der Waals surface area contributed by atoms with Crippen molar-refractivity contribution in [2.75, 3.05) is 39.0 Å². The molecular formula is C12H19ClN4O2S. The van der Waals surface area contributed by atoms with Gasteiger partial charge in [-0.05, 0) is 32.0 Å². The number of rotatable bonds is 5. The lowest BCUT2D eigenvalue weighted by molar-refractivity contribution is 0.310. The van der Waals surface area contributed by atoms with Crippen LogP contribution in [0.2, 0.25) is 5.02 Å². The van der Waals surface area contributed by atoms with Crippen LogP contribution < -0.4 is 5.73 Å². The van der Waals surface area contributed by atoms with Gasteiger partial charge in [0.25, 0.3) is 0 Å². The highest BCUT2D eigenvalue weighted by Crippen LogP contribution is 2.22. The van der Waals surface area contributed by atoms with Crippen LogP contribution in [0.25, 0.3) is 0 Å². The summed E-state index contributed by atoms with van der Waals surface area (Å²) in [6.07, 6.45) is 3.62. The van der Waals surface area contributed by atoms with Crippen molar-refractivity contribution in [3.05, 3.63) is 17.3 Å². The SMILES string of the molecule is CN(CCN1CCCC1)S(=O)(=O)c1cnc(N)c(Cl)c1. The van der Waals surface area contributed by atoms with E-state index in [0.29, 0.717) is 6.54 Å². The molecule has 1 fully saturated rings. The third kappa shape index (κ3) is 3.41. The maximum atomic E-state index is 12.4. The highest BCUT2D eigenvalue weighted by atomic mass is 35.5. The number of nitrogens with zero attached hydrogens (tertiary/aromatic N) is 3. The van der Waals surface area contributed by atoms with Crippen LogP contribution in [-0.2, 0) is 10.0 Å². The molecule has 1 aliphatic rings. The first kappa shape index (κ1) is 15.5. The molecule has 1 aliphatic heterocycles. The van der Waals surface area contributed by atoms with Crippen molar-refractivity contribution in [3.8, 4) is 0 Å². The largest absolute Gasteiger partial charge is 0.382 e. The number of pyridine rings is 1. The Labute approximate surface area is 124 Å². The molecule has 2 rings (SSSR count). The summed E-state index contributed by atoms with van der Waals surface area (Å²) in [5.41, 5.74) is 5.49. The van der Waals surface area contributed by atoms with Crippen LogP contribution in [0.5, 0.6) is 0 Å². The first-order valence-electron chi connectivity index (χ1n) is 6.51. The van der Waals surface area contributed by atoms with Crippen LogP contribution in [0.1, 0.15) is 12.8 Å². The molecule has 0 bridgehead atoms. The predicted molar refractivity (Wildman–Crippen MR) is 79.1 cm³/mol. The third-order valence-corrected chi connectivity index (χ3v) is 5.61. The molecule has 0 aromatic carbocycles. The molecule has 112 valence electrons. The van der Waals surface area contributed by atoms with Gasteiger partial charge in [0.15, 0.2) is 0 Å². The summed E-state index contributed by atoms with van der Waals surface area (Å²) < 4.78 is 26.1. The Morgan fingerprint density at radius 3 is 2.70 bits per heavy atom. The number of likely N-dealkylation sites (tertiary alicyclic amines) is 1. The maximum Gasteiger partial charge on any atom is 0.244 e. The van der Waals surface area contributed by atoms with Gasteiger partial charge in [-0.2, -0.15) is 4.31 Å². The van der Waals surface area contributed by atoms with E-state index in [1.54, 1.807) is 7.05 Å². The smallest absolute Gasteiger partial charge is 0.244 e. The van der Waals surface area contributed by atoms with Crippen LogP contribution >= 0.6 is 11.6 Å². The van der Waals surface area contributed by atoms with Crippen molar-refractivity contribution < 1.29 is 8.42 Å². The number of sulfonamides is 1. The molecule has 1 aromatic rings. The van der Waals surface area contributed by atoms with Gasteiger partial charge in [-0.15, -0.1) is 0 Å². The summed E-state index contributed by atoms with van der Waals surface area (Å²) >= 11 is 5.83. The minimum absolute atomic E-state index is 0.0700. The number of aromatic nitrogens is 1. The number of nitrogen functional groups attached to an aromatic ring is 1. The molecule has 8 heteroatoms. The van der Waals surface area contributed by atoms with Gasteiger partial charge >= 0.3 is 0 Å². The Balaban J connectivity index is 2.06. The second kappa shape index (κ2) is 6.26. The molecule has 0 atom stereocenters. The molecule has 0 aliphatic carbocycles. The topological polar surface area (TPSA) is 79.5 Å². The van der Waals surface area contributed by atoms with Crippen LogP contribution in [0.3, 0.4) is 0 Å². The number of halogens is 1. The lowest BCUT2D eigenvalue weighted by Gasteiger charge is -2.21. The van der Waals surface area contributed by atoms with Gasteiger partial charge in [0, 0.05) is 26.3 Å². The Morgan fingerprint density at radius 2 is 2.10 bits per heavy atom. The monoisotopic (exact) mass is 318 g/mol. The van der Waals surface area contributed by atoms with E-state index in [1.807, 2.05) is 0 Å². The minimum Gasteiger partial charge on any atom is -0.382 e. The average molecular weight is 319 g/mol. The zero-order valence-electron chi connectivity index (χ0n) is 11.4. The fourth-order valence-corrected chi connectivity index (χ4v) is 3.53. The molecule has 1 aromatic heterocycles. The Hall–Kier alpha value is -0.890. The number of hydrogen-bond donors (Lipinski definition) is 1. The molecule has 0 unspecified atom stereocenters. The molecule has 0 amide bonds. The number of nitrogens with two attached hydrogens (primary N) is 1. The second-order valence-electron chi connectivity index (χ2n) is 4.91. The molecule has 6 nitrogen and oxygen atoms in total. The Kier molecular flexibility index (Phi) is 4.85. The molecule has 2 heterocycles. The van der Waals surface area contributed by atoms with Crippen LogP contribution in [0.15, 0.2) is 17.2 Å². The fourth-order valence-electron chi connectivity index (χ4n) is 2.16. The van der Waals surface area contributed by atoms with Crippen molar-refractivity contribution in [2.45, 2.75) is 17.7 Å². The zero-order valence-corrected chi connectivity index (χ0v) is 13.0. The van der Waals surface area contributed by atoms with Crippen LogP contribution in [-0.4, -0.2) is 55.8 Å². The van der Waals surface area contributed by atoms with E-state index in [1.165, 1.54) is 29.4 Å².